The van der Waals surface area contributed by atoms with Gasteiger partial charge in [0, 0.05) is 17.4 Å². The number of ether oxygens (including phenoxy) is 1. The second kappa shape index (κ2) is 7.40. The zero-order chi connectivity index (χ0) is 15.9. The van der Waals surface area contributed by atoms with Crippen LogP contribution >= 0.6 is 0 Å². The van der Waals surface area contributed by atoms with Gasteiger partial charge in [-0.05, 0) is 36.2 Å². The molecule has 0 atom stereocenters. The highest BCUT2D eigenvalue weighted by molar-refractivity contribution is 5.99. The van der Waals surface area contributed by atoms with Crippen molar-refractivity contribution in [2.75, 3.05) is 10.6 Å². The molecular formula is C16H16F2N2O2. The first-order chi connectivity index (χ1) is 10.6. The van der Waals surface area contributed by atoms with E-state index in [9.17, 15) is 13.6 Å². The molecule has 116 valence electrons. The maximum absolute atomic E-state index is 12.2. The van der Waals surface area contributed by atoms with Gasteiger partial charge in [-0.1, -0.05) is 25.1 Å². The highest BCUT2D eigenvalue weighted by Crippen LogP contribution is 2.19. The van der Waals surface area contributed by atoms with Crippen molar-refractivity contribution < 1.29 is 18.3 Å². The Kier molecular flexibility index (Phi) is 5.30. The van der Waals surface area contributed by atoms with Crippen LogP contribution in [-0.2, 0) is 6.42 Å². The molecule has 2 amide bonds. The Labute approximate surface area is 127 Å². The van der Waals surface area contributed by atoms with Crippen molar-refractivity contribution in [2.45, 2.75) is 20.0 Å². The van der Waals surface area contributed by atoms with Gasteiger partial charge in [0.2, 0.25) is 0 Å². The number of hydrogen-bond donors (Lipinski definition) is 2. The highest BCUT2D eigenvalue weighted by Gasteiger charge is 2.07. The van der Waals surface area contributed by atoms with Crippen molar-refractivity contribution in [1.82, 2.24) is 0 Å². The number of rotatable bonds is 5. The number of carbonyl (C=O) groups is 1. The molecule has 22 heavy (non-hydrogen) atoms. The fourth-order valence-electron chi connectivity index (χ4n) is 1.91. The molecule has 6 heteroatoms. The van der Waals surface area contributed by atoms with Gasteiger partial charge < -0.3 is 15.4 Å². The molecule has 0 heterocycles. The molecule has 0 fully saturated rings. The average molecular weight is 306 g/mol. The van der Waals surface area contributed by atoms with Crippen molar-refractivity contribution in [1.29, 1.82) is 0 Å². The summed E-state index contributed by atoms with van der Waals surface area (Å²) in [4.78, 5) is 11.9. The number of hydrogen-bond acceptors (Lipinski definition) is 2. The number of alkyl halides is 2. The lowest BCUT2D eigenvalue weighted by atomic mass is 10.1. The second-order valence-electron chi connectivity index (χ2n) is 4.54. The Morgan fingerprint density at radius 3 is 2.36 bits per heavy atom. The first kappa shape index (κ1) is 15.8. The molecule has 2 rings (SSSR count). The highest BCUT2D eigenvalue weighted by atomic mass is 19.3. The van der Waals surface area contributed by atoms with Gasteiger partial charge in [-0.15, -0.1) is 0 Å². The van der Waals surface area contributed by atoms with Crippen LogP contribution in [0.1, 0.15) is 12.5 Å². The smallest absolute Gasteiger partial charge is 0.387 e. The predicted octanol–water partition coefficient (Wildman–Crippen LogP) is 4.49. The van der Waals surface area contributed by atoms with Crippen LogP contribution in [0.25, 0.3) is 0 Å². The van der Waals surface area contributed by atoms with Gasteiger partial charge in [0.25, 0.3) is 0 Å². The van der Waals surface area contributed by atoms with E-state index in [4.69, 9.17) is 0 Å². The molecule has 0 aliphatic rings. The van der Waals surface area contributed by atoms with Gasteiger partial charge in [-0.2, -0.15) is 8.78 Å². The Balaban J connectivity index is 1.99. The molecule has 0 aliphatic carbocycles. The quantitative estimate of drug-likeness (QED) is 0.855. The zero-order valence-corrected chi connectivity index (χ0v) is 12.0. The van der Waals surface area contributed by atoms with Crippen molar-refractivity contribution >= 4 is 17.4 Å². The average Bonchev–Trinajstić information content (AvgIpc) is 2.47. The number of carbonyl (C=O) groups excluding carboxylic acids is 1. The summed E-state index contributed by atoms with van der Waals surface area (Å²) in [5, 5.41) is 5.25. The van der Waals surface area contributed by atoms with Gasteiger partial charge >= 0.3 is 12.6 Å². The van der Waals surface area contributed by atoms with E-state index < -0.39 is 12.6 Å². The summed E-state index contributed by atoms with van der Waals surface area (Å²) < 4.78 is 28.6. The van der Waals surface area contributed by atoms with E-state index in [0.29, 0.717) is 11.4 Å². The van der Waals surface area contributed by atoms with E-state index in [1.54, 1.807) is 12.1 Å². The number of amides is 2. The molecule has 2 aromatic rings. The first-order valence-electron chi connectivity index (χ1n) is 6.78. The van der Waals surface area contributed by atoms with Crippen LogP contribution in [-0.4, -0.2) is 12.6 Å². The van der Waals surface area contributed by atoms with Crippen molar-refractivity contribution in [3.05, 3.63) is 54.1 Å². The number of nitrogens with one attached hydrogen (secondary N) is 2. The normalized spacial score (nSPS) is 10.4. The fraction of sp³-hybridized carbons (Fsp3) is 0.188. The third-order valence-corrected chi connectivity index (χ3v) is 2.91. The van der Waals surface area contributed by atoms with Gasteiger partial charge in [0.05, 0.1) is 0 Å². The number of anilines is 2. The van der Waals surface area contributed by atoms with Gasteiger partial charge in [-0.3, -0.25) is 0 Å². The van der Waals surface area contributed by atoms with Crippen LogP contribution in [0.4, 0.5) is 25.0 Å². The van der Waals surface area contributed by atoms with E-state index in [1.807, 2.05) is 25.1 Å². The van der Waals surface area contributed by atoms with Crippen molar-refractivity contribution in [2.24, 2.45) is 0 Å². The molecule has 0 aromatic heterocycles. The van der Waals surface area contributed by atoms with Crippen LogP contribution in [0.2, 0.25) is 0 Å². The first-order valence-corrected chi connectivity index (χ1v) is 6.78. The summed E-state index contributed by atoms with van der Waals surface area (Å²) in [6.07, 6.45) is 0.865. The molecule has 2 N–H and O–H groups in total. The molecular weight excluding hydrogens is 290 g/mol. The number of halogens is 2. The van der Waals surface area contributed by atoms with Gasteiger partial charge in [-0.25, -0.2) is 4.79 Å². The number of urea groups is 1. The monoisotopic (exact) mass is 306 g/mol. The third kappa shape index (κ3) is 4.73. The Morgan fingerprint density at radius 1 is 1.09 bits per heavy atom. The molecule has 0 saturated carbocycles. The van der Waals surface area contributed by atoms with Crippen LogP contribution in [0, 0.1) is 0 Å². The number of benzene rings is 2. The summed E-state index contributed by atoms with van der Waals surface area (Å²) >= 11 is 0. The van der Waals surface area contributed by atoms with Crippen LogP contribution in [0.3, 0.4) is 0 Å². The molecule has 0 radical (unpaired) electrons. The standard InChI is InChI=1S/C16H16F2N2O2/c1-2-11-5-3-6-12(9-11)19-16(21)20-13-7-4-8-14(10-13)22-15(17)18/h3-10,15H,2H2,1H3,(H2,19,20,21). The lowest BCUT2D eigenvalue weighted by molar-refractivity contribution is -0.0497. The summed E-state index contributed by atoms with van der Waals surface area (Å²) in [6, 6.07) is 12.8. The minimum absolute atomic E-state index is 0.0132. The minimum atomic E-state index is -2.90. The summed E-state index contributed by atoms with van der Waals surface area (Å²) in [5.74, 6) is -0.0132. The molecule has 0 bridgehead atoms. The largest absolute Gasteiger partial charge is 0.435 e. The van der Waals surface area contributed by atoms with Gasteiger partial charge in [0.15, 0.2) is 0 Å². The molecule has 0 spiro atoms. The second-order valence-corrected chi connectivity index (χ2v) is 4.54. The summed E-state index contributed by atoms with van der Waals surface area (Å²) in [6.45, 7) is -0.880. The van der Waals surface area contributed by atoms with Crippen LogP contribution in [0.5, 0.6) is 5.75 Å². The Bertz CT molecular complexity index is 648. The molecule has 4 nitrogen and oxygen atoms in total. The minimum Gasteiger partial charge on any atom is -0.435 e. The third-order valence-electron chi connectivity index (χ3n) is 2.91. The lowest BCUT2D eigenvalue weighted by Crippen LogP contribution is -2.19. The number of aryl methyl sites for hydroxylation is 1. The molecule has 0 aliphatic heterocycles. The van der Waals surface area contributed by atoms with Crippen molar-refractivity contribution in [3.8, 4) is 5.75 Å². The van der Waals surface area contributed by atoms with Crippen LogP contribution in [0.15, 0.2) is 48.5 Å². The molecule has 2 aromatic carbocycles. The van der Waals surface area contributed by atoms with E-state index >= 15 is 0 Å². The SMILES string of the molecule is CCc1cccc(NC(=O)Nc2cccc(OC(F)F)c2)c1. The summed E-state index contributed by atoms with van der Waals surface area (Å²) in [5.41, 5.74) is 2.13. The zero-order valence-electron chi connectivity index (χ0n) is 12.0. The fourth-order valence-corrected chi connectivity index (χ4v) is 1.91. The summed E-state index contributed by atoms with van der Waals surface area (Å²) in [7, 11) is 0. The van der Waals surface area contributed by atoms with E-state index in [0.717, 1.165) is 12.0 Å². The maximum atomic E-state index is 12.2. The maximum Gasteiger partial charge on any atom is 0.387 e. The van der Waals surface area contributed by atoms with Crippen LogP contribution < -0.4 is 15.4 Å². The predicted molar refractivity (Wildman–Crippen MR) is 81.5 cm³/mol. The van der Waals surface area contributed by atoms with E-state index in [2.05, 4.69) is 15.4 Å². The topological polar surface area (TPSA) is 50.4 Å². The molecule has 0 saturated heterocycles. The van der Waals surface area contributed by atoms with Gasteiger partial charge in [0.1, 0.15) is 5.75 Å². The molecule has 0 unspecified atom stereocenters. The lowest BCUT2D eigenvalue weighted by Gasteiger charge is -2.10. The van der Waals surface area contributed by atoms with E-state index in [-0.39, 0.29) is 5.75 Å². The Hall–Kier alpha value is -2.63. The Morgan fingerprint density at radius 2 is 1.73 bits per heavy atom. The van der Waals surface area contributed by atoms with E-state index in [1.165, 1.54) is 18.2 Å². The van der Waals surface area contributed by atoms with Crippen molar-refractivity contribution in [3.63, 3.8) is 0 Å².